The second-order valence-electron chi connectivity index (χ2n) is 3.32. The minimum Gasteiger partial charge on any atom is -0.391 e. The van der Waals surface area contributed by atoms with Crippen LogP contribution in [-0.2, 0) is 4.74 Å². The molecule has 0 amide bonds. The van der Waals surface area contributed by atoms with E-state index in [1.165, 1.54) is 0 Å². The van der Waals surface area contributed by atoms with Gasteiger partial charge in [0.25, 0.3) is 0 Å². The Labute approximate surface area is 60.6 Å². The van der Waals surface area contributed by atoms with Gasteiger partial charge in [0.15, 0.2) is 0 Å². The molecule has 0 unspecified atom stereocenters. The molecule has 0 aliphatic carbocycles. The maximum atomic E-state index is 9.32. The molecule has 1 aliphatic rings. The third-order valence-corrected chi connectivity index (χ3v) is 1.95. The Bertz CT molecular complexity index is 122. The second-order valence-corrected chi connectivity index (χ2v) is 3.32. The molecule has 1 fully saturated rings. The zero-order chi connectivity index (χ0) is 7.78. The van der Waals surface area contributed by atoms with E-state index in [-0.39, 0.29) is 0 Å². The van der Waals surface area contributed by atoms with Crippen LogP contribution in [0, 0.1) is 0 Å². The fourth-order valence-corrected chi connectivity index (χ4v) is 1.02. The molecule has 1 aliphatic heterocycles. The van der Waals surface area contributed by atoms with Crippen molar-refractivity contribution < 1.29 is 14.9 Å². The Kier molecular flexibility index (Phi) is 1.99. The largest absolute Gasteiger partial charge is 0.391 e. The van der Waals surface area contributed by atoms with E-state index in [1.807, 2.05) is 13.8 Å². The smallest absolute Gasteiger partial charge is 0.0886 e. The molecule has 0 saturated carbocycles. The summed E-state index contributed by atoms with van der Waals surface area (Å²) >= 11 is 0. The van der Waals surface area contributed by atoms with Gasteiger partial charge in [0.05, 0.1) is 24.4 Å². The molecule has 0 bridgehead atoms. The molecule has 0 aromatic rings. The summed E-state index contributed by atoms with van der Waals surface area (Å²) < 4.78 is 5.19. The van der Waals surface area contributed by atoms with Gasteiger partial charge in [0.2, 0.25) is 0 Å². The van der Waals surface area contributed by atoms with Crippen LogP contribution in [0.25, 0.3) is 0 Å². The molecule has 10 heavy (non-hydrogen) atoms. The molecule has 0 aromatic carbocycles. The van der Waals surface area contributed by atoms with Crippen molar-refractivity contribution >= 4 is 0 Å². The predicted molar refractivity (Wildman–Crippen MR) is 36.7 cm³/mol. The fourth-order valence-electron chi connectivity index (χ4n) is 1.02. The normalized spacial score (nSPS) is 39.6. The highest BCUT2D eigenvalue weighted by Crippen LogP contribution is 2.23. The third kappa shape index (κ3) is 1.48. The van der Waals surface area contributed by atoms with Crippen molar-refractivity contribution in [2.45, 2.75) is 38.1 Å². The first-order chi connectivity index (χ1) is 4.52. The topological polar surface area (TPSA) is 49.7 Å². The van der Waals surface area contributed by atoms with Crippen LogP contribution in [-0.4, -0.2) is 34.6 Å². The Balaban J connectivity index is 2.52. The van der Waals surface area contributed by atoms with Gasteiger partial charge in [-0.25, -0.2) is 0 Å². The molecule has 3 nitrogen and oxygen atoms in total. The highest BCUT2D eigenvalue weighted by molar-refractivity contribution is 4.85. The summed E-state index contributed by atoms with van der Waals surface area (Å²) in [6, 6.07) is 0. The van der Waals surface area contributed by atoms with Crippen molar-refractivity contribution in [2.75, 3.05) is 6.61 Å². The number of aliphatic hydroxyl groups excluding tert-OH is 2. The van der Waals surface area contributed by atoms with Crippen LogP contribution in [0.4, 0.5) is 0 Å². The second kappa shape index (κ2) is 2.49. The zero-order valence-electron chi connectivity index (χ0n) is 6.37. The number of aliphatic hydroxyl groups is 2. The van der Waals surface area contributed by atoms with E-state index in [0.717, 1.165) is 0 Å². The summed E-state index contributed by atoms with van der Waals surface area (Å²) in [6.07, 6.45) is -0.619. The molecule has 0 spiro atoms. The lowest BCUT2D eigenvalue weighted by molar-refractivity contribution is -0.169. The zero-order valence-corrected chi connectivity index (χ0v) is 6.37. The minimum absolute atomic E-state index is 0.337. The third-order valence-electron chi connectivity index (χ3n) is 1.95. The standard InChI is InChI=1S/C7H14O3/c1-7(2)6(9)3-5(8)4-10-7/h5-6,8-9H,3-4H2,1-2H3/t5-,6-/m0/s1. The maximum Gasteiger partial charge on any atom is 0.0886 e. The van der Waals surface area contributed by atoms with Crippen LogP contribution >= 0.6 is 0 Å². The molecule has 1 heterocycles. The van der Waals surface area contributed by atoms with E-state index in [9.17, 15) is 5.11 Å². The molecule has 0 radical (unpaired) electrons. The van der Waals surface area contributed by atoms with Crippen molar-refractivity contribution in [3.05, 3.63) is 0 Å². The Morgan fingerprint density at radius 3 is 2.40 bits per heavy atom. The Morgan fingerprint density at radius 1 is 1.40 bits per heavy atom. The maximum absolute atomic E-state index is 9.32. The number of hydrogen-bond acceptors (Lipinski definition) is 3. The summed E-state index contributed by atoms with van der Waals surface area (Å²) in [5.74, 6) is 0. The Hall–Kier alpha value is -0.120. The highest BCUT2D eigenvalue weighted by atomic mass is 16.5. The van der Waals surface area contributed by atoms with Crippen LogP contribution < -0.4 is 0 Å². The molecule has 1 rings (SSSR count). The summed E-state index contributed by atoms with van der Waals surface area (Å²) in [6.45, 7) is 3.98. The van der Waals surface area contributed by atoms with Crippen LogP contribution in [0.5, 0.6) is 0 Å². The summed E-state index contributed by atoms with van der Waals surface area (Å²) in [5, 5.41) is 18.3. The average molecular weight is 146 g/mol. The molecule has 60 valence electrons. The average Bonchev–Trinajstić information content (AvgIpc) is 1.81. The van der Waals surface area contributed by atoms with Gasteiger partial charge in [-0.3, -0.25) is 0 Å². The van der Waals surface area contributed by atoms with Crippen LogP contribution in [0.1, 0.15) is 20.3 Å². The van der Waals surface area contributed by atoms with Gasteiger partial charge in [0.1, 0.15) is 0 Å². The number of rotatable bonds is 0. The van der Waals surface area contributed by atoms with Crippen molar-refractivity contribution in [1.82, 2.24) is 0 Å². The Morgan fingerprint density at radius 2 is 2.00 bits per heavy atom. The van der Waals surface area contributed by atoms with Crippen LogP contribution in [0.2, 0.25) is 0 Å². The lowest BCUT2D eigenvalue weighted by Crippen LogP contribution is -2.48. The molecule has 3 heteroatoms. The van der Waals surface area contributed by atoms with Crippen molar-refractivity contribution in [3.8, 4) is 0 Å². The molecule has 0 aromatic heterocycles. The van der Waals surface area contributed by atoms with Crippen LogP contribution in [0.3, 0.4) is 0 Å². The predicted octanol–water partition coefficient (Wildman–Crippen LogP) is -0.0929. The van der Waals surface area contributed by atoms with Gasteiger partial charge in [-0.15, -0.1) is 0 Å². The lowest BCUT2D eigenvalue weighted by atomic mass is 9.93. The van der Waals surface area contributed by atoms with E-state index < -0.39 is 17.8 Å². The molecular formula is C7H14O3. The van der Waals surface area contributed by atoms with E-state index in [4.69, 9.17) is 9.84 Å². The van der Waals surface area contributed by atoms with Gasteiger partial charge in [-0.05, 0) is 13.8 Å². The van der Waals surface area contributed by atoms with E-state index in [1.54, 1.807) is 0 Å². The van der Waals surface area contributed by atoms with Crippen LogP contribution in [0.15, 0.2) is 0 Å². The summed E-state index contributed by atoms with van der Waals surface area (Å²) in [5.41, 5.74) is -0.487. The van der Waals surface area contributed by atoms with Crippen molar-refractivity contribution in [3.63, 3.8) is 0 Å². The van der Waals surface area contributed by atoms with E-state index >= 15 is 0 Å². The first kappa shape index (κ1) is 7.98. The molecule has 2 N–H and O–H groups in total. The van der Waals surface area contributed by atoms with Gasteiger partial charge in [-0.1, -0.05) is 0 Å². The number of hydrogen-bond donors (Lipinski definition) is 2. The van der Waals surface area contributed by atoms with Gasteiger partial charge in [0, 0.05) is 6.42 Å². The molecular weight excluding hydrogens is 132 g/mol. The lowest BCUT2D eigenvalue weighted by Gasteiger charge is -2.37. The SMILES string of the molecule is CC1(C)OC[C@@H](O)C[C@@H]1O. The highest BCUT2D eigenvalue weighted by Gasteiger charge is 2.35. The molecule has 2 atom stereocenters. The van der Waals surface area contributed by atoms with Gasteiger partial charge < -0.3 is 14.9 Å². The van der Waals surface area contributed by atoms with Gasteiger partial charge in [-0.2, -0.15) is 0 Å². The van der Waals surface area contributed by atoms with E-state index in [0.29, 0.717) is 13.0 Å². The summed E-state index contributed by atoms with van der Waals surface area (Å²) in [7, 11) is 0. The number of ether oxygens (including phenoxy) is 1. The monoisotopic (exact) mass is 146 g/mol. The van der Waals surface area contributed by atoms with Gasteiger partial charge >= 0.3 is 0 Å². The van der Waals surface area contributed by atoms with Crippen molar-refractivity contribution in [2.24, 2.45) is 0 Å². The quantitative estimate of drug-likeness (QED) is 0.502. The fraction of sp³-hybridized carbons (Fsp3) is 1.00. The first-order valence-electron chi connectivity index (χ1n) is 3.52. The summed E-state index contributed by atoms with van der Waals surface area (Å²) in [4.78, 5) is 0. The van der Waals surface area contributed by atoms with E-state index in [2.05, 4.69) is 0 Å². The first-order valence-corrected chi connectivity index (χ1v) is 3.52. The minimum atomic E-state index is -0.545. The van der Waals surface area contributed by atoms with Crippen molar-refractivity contribution in [1.29, 1.82) is 0 Å². The molecule has 1 saturated heterocycles.